The number of nitrogens with one attached hydrogen (secondary N) is 1. The van der Waals surface area contributed by atoms with Crippen LogP contribution < -0.4 is 5.32 Å². The number of halogens is 1. The third-order valence-electron chi connectivity index (χ3n) is 4.56. The summed E-state index contributed by atoms with van der Waals surface area (Å²) in [5, 5.41) is 8.85. The molecule has 3 rings (SSSR count). The molecule has 0 amide bonds. The van der Waals surface area contributed by atoms with Gasteiger partial charge in [-0.1, -0.05) is 35.9 Å². The molecule has 1 aliphatic rings. The fraction of sp³-hybridized carbons (Fsp3) is 0.471. The Labute approximate surface area is 131 Å². The summed E-state index contributed by atoms with van der Waals surface area (Å²) in [6.07, 6.45) is 2.07. The van der Waals surface area contributed by atoms with Gasteiger partial charge in [-0.2, -0.15) is 5.10 Å². The van der Waals surface area contributed by atoms with Crippen molar-refractivity contribution in [2.45, 2.75) is 39.3 Å². The van der Waals surface area contributed by atoms with E-state index in [2.05, 4.69) is 41.6 Å². The first-order valence-electron chi connectivity index (χ1n) is 7.62. The Kier molecular flexibility index (Phi) is 4.05. The van der Waals surface area contributed by atoms with E-state index < -0.39 is 0 Å². The largest absolute Gasteiger partial charge is 0.313 e. The Balaban J connectivity index is 1.90. The first kappa shape index (κ1) is 14.6. The van der Waals surface area contributed by atoms with Crippen molar-refractivity contribution in [3.8, 4) is 0 Å². The highest BCUT2D eigenvalue weighted by atomic mass is 35.5. The Hall–Kier alpha value is -1.32. The zero-order valence-electron chi connectivity index (χ0n) is 12.9. The van der Waals surface area contributed by atoms with Gasteiger partial charge in [0.1, 0.15) is 0 Å². The number of hydrogen-bond donors (Lipinski definition) is 1. The number of aryl methyl sites for hydroxylation is 2. The van der Waals surface area contributed by atoms with Crippen LogP contribution in [0.1, 0.15) is 35.5 Å². The zero-order chi connectivity index (χ0) is 15.0. The average molecular weight is 304 g/mol. The van der Waals surface area contributed by atoms with Gasteiger partial charge in [0.05, 0.1) is 16.4 Å². The van der Waals surface area contributed by atoms with E-state index in [9.17, 15) is 0 Å². The van der Waals surface area contributed by atoms with Gasteiger partial charge in [-0.3, -0.25) is 4.68 Å². The summed E-state index contributed by atoms with van der Waals surface area (Å²) in [5.74, 6) is 0.534. The number of fused-ring (bicyclic) bond motifs is 1. The molecule has 0 aliphatic heterocycles. The predicted molar refractivity (Wildman–Crippen MR) is 86.8 cm³/mol. The quantitative estimate of drug-likeness (QED) is 0.936. The van der Waals surface area contributed by atoms with Gasteiger partial charge in [-0.25, -0.2) is 0 Å². The third-order valence-corrected chi connectivity index (χ3v) is 5.05. The first-order chi connectivity index (χ1) is 10.2. The molecule has 0 spiro atoms. The van der Waals surface area contributed by atoms with Gasteiger partial charge in [0.25, 0.3) is 0 Å². The zero-order valence-corrected chi connectivity index (χ0v) is 13.6. The summed E-state index contributed by atoms with van der Waals surface area (Å²) in [6, 6.07) is 9.13. The van der Waals surface area contributed by atoms with Crippen molar-refractivity contribution in [3.63, 3.8) is 0 Å². The van der Waals surface area contributed by atoms with E-state index in [4.69, 9.17) is 11.6 Å². The normalized spacial score (nSPS) is 20.8. The van der Waals surface area contributed by atoms with Crippen molar-refractivity contribution in [2.24, 2.45) is 5.92 Å². The maximum atomic E-state index is 6.47. The van der Waals surface area contributed by atoms with E-state index in [1.807, 2.05) is 18.7 Å². The molecule has 2 aromatic rings. The molecule has 4 heteroatoms. The van der Waals surface area contributed by atoms with E-state index in [1.165, 1.54) is 16.8 Å². The summed E-state index contributed by atoms with van der Waals surface area (Å²) in [4.78, 5) is 0. The fourth-order valence-electron chi connectivity index (χ4n) is 3.57. The molecular formula is C17H22ClN3. The lowest BCUT2D eigenvalue weighted by atomic mass is 9.95. The van der Waals surface area contributed by atoms with Crippen molar-refractivity contribution >= 4 is 11.6 Å². The third kappa shape index (κ3) is 2.49. The Bertz CT molecular complexity index is 647. The van der Waals surface area contributed by atoms with E-state index in [-0.39, 0.29) is 0 Å². The van der Waals surface area contributed by atoms with Gasteiger partial charge >= 0.3 is 0 Å². The number of hydrogen-bond acceptors (Lipinski definition) is 2. The lowest BCUT2D eigenvalue weighted by molar-refractivity contribution is 0.398. The standard InChI is InChI=1S/C17H22ClN3/c1-4-21-15(16(18)11(2)20-21)10-13-9-12-7-5-6-8-14(12)17(13)19-3/h5-8,13,17,19H,4,9-10H2,1-3H3. The molecule has 0 saturated carbocycles. The Morgan fingerprint density at radius 3 is 2.86 bits per heavy atom. The van der Waals surface area contributed by atoms with Crippen LogP contribution in [-0.2, 0) is 19.4 Å². The molecular weight excluding hydrogens is 282 g/mol. The summed E-state index contributed by atoms with van der Waals surface area (Å²) in [5.41, 5.74) is 5.00. The van der Waals surface area contributed by atoms with Crippen molar-refractivity contribution in [3.05, 3.63) is 51.8 Å². The van der Waals surface area contributed by atoms with Gasteiger partial charge in [0, 0.05) is 12.6 Å². The second-order valence-corrected chi connectivity index (χ2v) is 6.17. The molecule has 2 atom stereocenters. The van der Waals surface area contributed by atoms with Gasteiger partial charge in [0.15, 0.2) is 0 Å². The summed E-state index contributed by atoms with van der Waals surface area (Å²) < 4.78 is 2.05. The molecule has 0 radical (unpaired) electrons. The fourth-order valence-corrected chi connectivity index (χ4v) is 3.78. The Morgan fingerprint density at radius 2 is 2.14 bits per heavy atom. The van der Waals surface area contributed by atoms with Gasteiger partial charge < -0.3 is 5.32 Å². The number of rotatable bonds is 4. The smallest absolute Gasteiger partial charge is 0.0847 e. The van der Waals surface area contributed by atoms with Crippen LogP contribution in [0.4, 0.5) is 0 Å². The topological polar surface area (TPSA) is 29.9 Å². The highest BCUT2D eigenvalue weighted by Gasteiger charge is 2.32. The summed E-state index contributed by atoms with van der Waals surface area (Å²) in [6.45, 7) is 4.97. The Morgan fingerprint density at radius 1 is 1.38 bits per heavy atom. The molecule has 0 bridgehead atoms. The molecule has 0 saturated heterocycles. The van der Waals surface area contributed by atoms with Crippen LogP contribution >= 0.6 is 11.6 Å². The minimum absolute atomic E-state index is 0.401. The van der Waals surface area contributed by atoms with Crippen molar-refractivity contribution in [1.29, 1.82) is 0 Å². The van der Waals surface area contributed by atoms with Crippen LogP contribution in [0.15, 0.2) is 24.3 Å². The number of benzene rings is 1. The van der Waals surface area contributed by atoms with Crippen LogP contribution in [0.3, 0.4) is 0 Å². The van der Waals surface area contributed by atoms with Gasteiger partial charge in [0.2, 0.25) is 0 Å². The number of aromatic nitrogens is 2. The molecule has 2 unspecified atom stereocenters. The van der Waals surface area contributed by atoms with E-state index >= 15 is 0 Å². The SMILES string of the molecule is CCn1nc(C)c(Cl)c1CC1Cc2ccccc2C1NC. The second kappa shape index (κ2) is 5.82. The van der Waals surface area contributed by atoms with Crippen molar-refractivity contribution in [2.75, 3.05) is 7.05 Å². The maximum Gasteiger partial charge on any atom is 0.0847 e. The van der Waals surface area contributed by atoms with Crippen LogP contribution in [-0.4, -0.2) is 16.8 Å². The predicted octanol–water partition coefficient (Wildman–Crippen LogP) is 3.54. The minimum atomic E-state index is 0.401. The molecule has 1 heterocycles. The van der Waals surface area contributed by atoms with Crippen LogP contribution in [0.2, 0.25) is 5.02 Å². The highest BCUT2D eigenvalue weighted by Crippen LogP contribution is 2.38. The molecule has 1 aliphatic carbocycles. The van der Waals surface area contributed by atoms with Crippen LogP contribution in [0.25, 0.3) is 0 Å². The highest BCUT2D eigenvalue weighted by molar-refractivity contribution is 6.31. The van der Waals surface area contributed by atoms with Crippen molar-refractivity contribution in [1.82, 2.24) is 15.1 Å². The molecule has 3 nitrogen and oxygen atoms in total. The minimum Gasteiger partial charge on any atom is -0.313 e. The van der Waals surface area contributed by atoms with E-state index in [0.29, 0.717) is 12.0 Å². The lowest BCUT2D eigenvalue weighted by Gasteiger charge is -2.20. The molecule has 0 fully saturated rings. The summed E-state index contributed by atoms with van der Waals surface area (Å²) >= 11 is 6.47. The van der Waals surface area contributed by atoms with Gasteiger partial charge in [-0.15, -0.1) is 0 Å². The van der Waals surface area contributed by atoms with Crippen LogP contribution in [0.5, 0.6) is 0 Å². The average Bonchev–Trinajstić information content (AvgIpc) is 2.98. The van der Waals surface area contributed by atoms with Crippen molar-refractivity contribution < 1.29 is 0 Å². The van der Waals surface area contributed by atoms with Gasteiger partial charge in [-0.05, 0) is 50.8 Å². The summed E-state index contributed by atoms with van der Waals surface area (Å²) in [7, 11) is 2.05. The molecule has 1 N–H and O–H groups in total. The van der Waals surface area contributed by atoms with E-state index in [1.54, 1.807) is 0 Å². The molecule has 1 aromatic heterocycles. The second-order valence-electron chi connectivity index (χ2n) is 5.80. The van der Waals surface area contributed by atoms with E-state index in [0.717, 1.165) is 30.1 Å². The lowest BCUT2D eigenvalue weighted by Crippen LogP contribution is -2.24. The molecule has 21 heavy (non-hydrogen) atoms. The maximum absolute atomic E-state index is 6.47. The molecule has 1 aromatic carbocycles. The number of nitrogens with zero attached hydrogens (tertiary/aromatic N) is 2. The molecule has 112 valence electrons. The monoisotopic (exact) mass is 303 g/mol. The van der Waals surface area contributed by atoms with Crippen LogP contribution in [0, 0.1) is 12.8 Å². The first-order valence-corrected chi connectivity index (χ1v) is 8.00.